The second-order valence-corrected chi connectivity index (χ2v) is 7.30. The van der Waals surface area contributed by atoms with Crippen LogP contribution in [0.3, 0.4) is 0 Å². The number of nitrogens with one attached hydrogen (secondary N) is 1. The summed E-state index contributed by atoms with van der Waals surface area (Å²) in [4.78, 5) is 36.3. The number of ketones is 1. The molecule has 0 saturated carbocycles. The summed E-state index contributed by atoms with van der Waals surface area (Å²) in [6, 6.07) is 23.0. The average Bonchev–Trinajstić information content (AvgIpc) is 2.74. The van der Waals surface area contributed by atoms with Crippen LogP contribution in [0.15, 0.2) is 78.9 Å². The molecule has 3 aromatic rings. The molecule has 0 aliphatic carbocycles. The summed E-state index contributed by atoms with van der Waals surface area (Å²) in [7, 11) is 0. The lowest BCUT2D eigenvalue weighted by Gasteiger charge is -2.12. The van der Waals surface area contributed by atoms with Crippen molar-refractivity contribution in [2.75, 3.05) is 5.32 Å². The van der Waals surface area contributed by atoms with Crippen molar-refractivity contribution in [3.8, 4) is 11.1 Å². The zero-order chi connectivity index (χ0) is 21.5. The molecule has 2 N–H and O–H groups in total. The third kappa shape index (κ3) is 5.78. The third-order valence-corrected chi connectivity index (χ3v) is 4.91. The van der Waals surface area contributed by atoms with Gasteiger partial charge in [-0.3, -0.25) is 14.4 Å². The van der Waals surface area contributed by atoms with Gasteiger partial charge in [0.05, 0.1) is 5.92 Å². The van der Waals surface area contributed by atoms with E-state index in [4.69, 9.17) is 11.6 Å². The minimum Gasteiger partial charge on any atom is -0.481 e. The van der Waals surface area contributed by atoms with Gasteiger partial charge in [0.1, 0.15) is 0 Å². The van der Waals surface area contributed by atoms with Crippen molar-refractivity contribution in [3.63, 3.8) is 0 Å². The fourth-order valence-corrected chi connectivity index (χ4v) is 3.16. The van der Waals surface area contributed by atoms with Gasteiger partial charge >= 0.3 is 5.97 Å². The number of carbonyl (C=O) groups is 3. The van der Waals surface area contributed by atoms with Crippen molar-refractivity contribution in [1.29, 1.82) is 0 Å². The molecule has 0 aliphatic rings. The van der Waals surface area contributed by atoms with Gasteiger partial charge in [0, 0.05) is 29.1 Å². The van der Waals surface area contributed by atoms with Crippen LogP contribution in [0.25, 0.3) is 11.1 Å². The number of amides is 1. The van der Waals surface area contributed by atoms with Gasteiger partial charge in [0.2, 0.25) is 5.91 Å². The van der Waals surface area contributed by atoms with E-state index in [1.54, 1.807) is 60.7 Å². The predicted molar refractivity (Wildman–Crippen MR) is 117 cm³/mol. The van der Waals surface area contributed by atoms with Gasteiger partial charge < -0.3 is 10.4 Å². The first kappa shape index (κ1) is 21.3. The molecule has 30 heavy (non-hydrogen) atoms. The SMILES string of the molecule is O=C(CC(CC(=O)c1ccc(-c2ccc(Cl)cc2)cc1)C(=O)O)Nc1ccccc1. The van der Waals surface area contributed by atoms with Gasteiger partial charge in [0.15, 0.2) is 5.78 Å². The Morgan fingerprint density at radius 3 is 1.93 bits per heavy atom. The minimum atomic E-state index is -1.18. The smallest absolute Gasteiger partial charge is 0.307 e. The predicted octanol–water partition coefficient (Wildman–Crippen LogP) is 5.31. The molecule has 152 valence electrons. The maximum atomic E-state index is 12.6. The van der Waals surface area contributed by atoms with Crippen LogP contribution in [-0.4, -0.2) is 22.8 Å². The molecule has 0 aromatic heterocycles. The van der Waals surface area contributed by atoms with Crippen molar-refractivity contribution in [2.24, 2.45) is 5.92 Å². The Bertz CT molecular complexity index is 1030. The van der Waals surface area contributed by atoms with Crippen LogP contribution in [0.5, 0.6) is 0 Å². The molecule has 0 radical (unpaired) electrons. The van der Waals surface area contributed by atoms with Crippen molar-refractivity contribution >= 4 is 34.9 Å². The summed E-state index contributed by atoms with van der Waals surface area (Å²) in [5.74, 6) is -3.04. The molecule has 0 spiro atoms. The van der Waals surface area contributed by atoms with Gasteiger partial charge in [-0.2, -0.15) is 0 Å². The summed E-state index contributed by atoms with van der Waals surface area (Å²) >= 11 is 5.90. The van der Waals surface area contributed by atoms with E-state index in [0.717, 1.165) is 11.1 Å². The maximum Gasteiger partial charge on any atom is 0.307 e. The van der Waals surface area contributed by atoms with Crippen molar-refractivity contribution in [3.05, 3.63) is 89.4 Å². The number of para-hydroxylation sites is 1. The van der Waals surface area contributed by atoms with Crippen LogP contribution in [0.2, 0.25) is 5.02 Å². The Balaban J connectivity index is 1.63. The van der Waals surface area contributed by atoms with E-state index < -0.39 is 17.8 Å². The fourth-order valence-electron chi connectivity index (χ4n) is 3.04. The topological polar surface area (TPSA) is 83.5 Å². The molecule has 0 aliphatic heterocycles. The fraction of sp³-hybridized carbons (Fsp3) is 0.125. The normalized spacial score (nSPS) is 11.5. The van der Waals surface area contributed by atoms with E-state index in [2.05, 4.69) is 5.32 Å². The Morgan fingerprint density at radius 1 is 0.800 bits per heavy atom. The summed E-state index contributed by atoms with van der Waals surface area (Å²) < 4.78 is 0. The lowest BCUT2D eigenvalue weighted by atomic mass is 9.94. The second kappa shape index (κ2) is 9.85. The van der Waals surface area contributed by atoms with Gasteiger partial charge in [-0.05, 0) is 35.4 Å². The monoisotopic (exact) mass is 421 g/mol. The summed E-state index contributed by atoms with van der Waals surface area (Å²) in [6.07, 6.45) is -0.531. The number of anilines is 1. The van der Waals surface area contributed by atoms with Crippen molar-refractivity contribution < 1.29 is 19.5 Å². The van der Waals surface area contributed by atoms with E-state index >= 15 is 0 Å². The highest BCUT2D eigenvalue weighted by Crippen LogP contribution is 2.23. The van der Waals surface area contributed by atoms with Crippen LogP contribution in [0.4, 0.5) is 5.69 Å². The number of halogens is 1. The van der Waals surface area contributed by atoms with E-state index in [1.807, 2.05) is 18.2 Å². The Kier molecular flexibility index (Phi) is 6.99. The number of carboxylic acids is 1. The van der Waals surface area contributed by atoms with E-state index in [-0.39, 0.29) is 18.6 Å². The number of rotatable bonds is 8. The zero-order valence-electron chi connectivity index (χ0n) is 16.0. The van der Waals surface area contributed by atoms with Gasteiger partial charge in [0.25, 0.3) is 0 Å². The number of hydrogen-bond donors (Lipinski definition) is 2. The molecule has 0 fully saturated rings. The van der Waals surface area contributed by atoms with Gasteiger partial charge in [-0.1, -0.05) is 66.2 Å². The molecular formula is C24H20ClNO4. The van der Waals surface area contributed by atoms with Crippen molar-refractivity contribution in [2.45, 2.75) is 12.8 Å². The Hall–Kier alpha value is -3.44. The zero-order valence-corrected chi connectivity index (χ0v) is 16.8. The molecule has 1 unspecified atom stereocenters. The average molecular weight is 422 g/mol. The third-order valence-electron chi connectivity index (χ3n) is 4.65. The summed E-state index contributed by atoms with van der Waals surface area (Å²) in [5, 5.41) is 12.7. The maximum absolute atomic E-state index is 12.6. The standard InChI is InChI=1S/C24H20ClNO4/c25-20-12-10-17(11-13-20)16-6-8-18(9-7-16)22(27)14-19(24(29)30)15-23(28)26-21-4-2-1-3-5-21/h1-13,19H,14-15H2,(H,26,28)(H,29,30). The molecule has 6 heteroatoms. The number of hydrogen-bond acceptors (Lipinski definition) is 3. The minimum absolute atomic E-state index is 0.252. The molecule has 1 atom stereocenters. The van der Waals surface area contributed by atoms with E-state index in [9.17, 15) is 19.5 Å². The lowest BCUT2D eigenvalue weighted by Crippen LogP contribution is -2.24. The number of carboxylic acid groups (broad SMARTS) is 1. The molecule has 3 aromatic carbocycles. The molecular weight excluding hydrogens is 402 g/mol. The Labute approximate surface area is 179 Å². The Morgan fingerprint density at radius 2 is 1.37 bits per heavy atom. The second-order valence-electron chi connectivity index (χ2n) is 6.87. The van der Waals surface area contributed by atoms with Gasteiger partial charge in [-0.15, -0.1) is 0 Å². The van der Waals surface area contributed by atoms with Crippen LogP contribution in [0, 0.1) is 5.92 Å². The molecule has 0 heterocycles. The van der Waals surface area contributed by atoms with Crippen molar-refractivity contribution in [1.82, 2.24) is 0 Å². The molecule has 3 rings (SSSR count). The van der Waals surface area contributed by atoms with E-state index in [1.165, 1.54) is 0 Å². The molecule has 1 amide bonds. The van der Waals surface area contributed by atoms with Crippen LogP contribution < -0.4 is 5.32 Å². The van der Waals surface area contributed by atoms with Crippen LogP contribution in [0.1, 0.15) is 23.2 Å². The van der Waals surface area contributed by atoms with E-state index in [0.29, 0.717) is 16.3 Å². The quantitative estimate of drug-likeness (QED) is 0.483. The lowest BCUT2D eigenvalue weighted by molar-refractivity contribution is -0.143. The molecule has 5 nitrogen and oxygen atoms in total. The summed E-state index contributed by atoms with van der Waals surface area (Å²) in [6.45, 7) is 0. The highest BCUT2D eigenvalue weighted by atomic mass is 35.5. The number of benzene rings is 3. The molecule has 0 saturated heterocycles. The highest BCUT2D eigenvalue weighted by Gasteiger charge is 2.25. The highest BCUT2D eigenvalue weighted by molar-refractivity contribution is 6.30. The van der Waals surface area contributed by atoms with Crippen LogP contribution in [-0.2, 0) is 9.59 Å². The number of Topliss-reactive ketones (excluding diaryl/α,β-unsaturated/α-hetero) is 1. The van der Waals surface area contributed by atoms with Gasteiger partial charge in [-0.25, -0.2) is 0 Å². The largest absolute Gasteiger partial charge is 0.481 e. The first-order valence-corrected chi connectivity index (χ1v) is 9.77. The summed E-state index contributed by atoms with van der Waals surface area (Å²) in [5.41, 5.74) is 2.86. The number of aliphatic carboxylic acids is 1. The van der Waals surface area contributed by atoms with Crippen LogP contribution >= 0.6 is 11.6 Å². The number of carbonyl (C=O) groups excluding carboxylic acids is 2. The first-order chi connectivity index (χ1) is 14.4. The first-order valence-electron chi connectivity index (χ1n) is 9.39. The molecule has 0 bridgehead atoms.